The van der Waals surface area contributed by atoms with Crippen LogP contribution in [0.5, 0.6) is 0 Å². The second-order valence-electron chi connectivity index (χ2n) is 5.62. The van der Waals surface area contributed by atoms with Gasteiger partial charge in [-0.25, -0.2) is 0 Å². The van der Waals surface area contributed by atoms with E-state index < -0.39 is 0 Å². The fraction of sp³-hybridized carbons (Fsp3) is 0.500. The van der Waals surface area contributed by atoms with E-state index in [9.17, 15) is 0 Å². The minimum Gasteiger partial charge on any atom is -0.339 e. The van der Waals surface area contributed by atoms with Gasteiger partial charge in [-0.3, -0.25) is 0 Å². The molecule has 0 spiro atoms. The van der Waals surface area contributed by atoms with E-state index in [1.807, 2.05) is 24.3 Å². The molecule has 0 radical (unpaired) electrons. The molecule has 1 fully saturated rings. The number of nitrogens with zero attached hydrogens (tertiary/aromatic N) is 2. The maximum Gasteiger partial charge on any atom is 0.226 e. The van der Waals surface area contributed by atoms with Crippen molar-refractivity contribution in [3.05, 3.63) is 46.6 Å². The van der Waals surface area contributed by atoms with Crippen LogP contribution in [0.25, 0.3) is 0 Å². The lowest BCUT2D eigenvalue weighted by Crippen LogP contribution is -2.14. The number of benzene rings is 1. The van der Waals surface area contributed by atoms with Crippen LogP contribution in [0, 0.1) is 5.92 Å². The number of nitrogens with one attached hydrogen (secondary N) is 1. The Balaban J connectivity index is 0.00000176. The molecule has 0 bridgehead atoms. The first-order chi connectivity index (χ1) is 10.3. The predicted molar refractivity (Wildman–Crippen MR) is 89.7 cm³/mol. The summed E-state index contributed by atoms with van der Waals surface area (Å²) in [6, 6.07) is 7.78. The monoisotopic (exact) mass is 341 g/mol. The summed E-state index contributed by atoms with van der Waals surface area (Å²) in [5.74, 6) is 2.11. The van der Waals surface area contributed by atoms with Crippen molar-refractivity contribution in [3.63, 3.8) is 0 Å². The third-order valence-electron chi connectivity index (χ3n) is 3.98. The standard InChI is InChI=1S/C16H20ClN3O.ClH/c17-14-6-2-1-5-13(14)11-15-19-16(21-20-15)10-12-4-3-8-18-9-7-12;/h1-2,5-6,12,18H,3-4,7-11H2;1H. The SMILES string of the molecule is Cl.Clc1ccccc1Cc1noc(CC2CCCNCC2)n1. The van der Waals surface area contributed by atoms with Crippen LogP contribution in [0.4, 0.5) is 0 Å². The molecule has 2 heterocycles. The second kappa shape index (κ2) is 8.51. The fourth-order valence-corrected chi connectivity index (χ4v) is 3.00. The highest BCUT2D eigenvalue weighted by Crippen LogP contribution is 2.20. The van der Waals surface area contributed by atoms with Crippen molar-refractivity contribution in [2.24, 2.45) is 5.92 Å². The number of aromatic nitrogens is 2. The van der Waals surface area contributed by atoms with Crippen LogP contribution in [-0.2, 0) is 12.8 Å². The summed E-state index contributed by atoms with van der Waals surface area (Å²) in [5, 5.41) is 8.26. The van der Waals surface area contributed by atoms with Gasteiger partial charge in [-0.2, -0.15) is 4.98 Å². The van der Waals surface area contributed by atoms with Crippen molar-refractivity contribution in [3.8, 4) is 0 Å². The normalized spacial score (nSPS) is 18.5. The first-order valence-electron chi connectivity index (χ1n) is 7.57. The Kier molecular flexibility index (Phi) is 6.68. The lowest BCUT2D eigenvalue weighted by molar-refractivity contribution is 0.339. The summed E-state index contributed by atoms with van der Waals surface area (Å²) in [6.07, 6.45) is 5.15. The van der Waals surface area contributed by atoms with Gasteiger partial charge in [0.05, 0.1) is 0 Å². The Morgan fingerprint density at radius 3 is 2.95 bits per heavy atom. The smallest absolute Gasteiger partial charge is 0.226 e. The Hall–Kier alpha value is -1.10. The average molecular weight is 342 g/mol. The molecule has 1 unspecified atom stereocenters. The summed E-state index contributed by atoms with van der Waals surface area (Å²) in [7, 11) is 0. The maximum absolute atomic E-state index is 6.16. The van der Waals surface area contributed by atoms with Gasteiger partial charge in [-0.15, -0.1) is 12.4 Å². The number of hydrogen-bond acceptors (Lipinski definition) is 4. The lowest BCUT2D eigenvalue weighted by Gasteiger charge is -2.09. The van der Waals surface area contributed by atoms with Crippen LogP contribution in [0.1, 0.15) is 36.5 Å². The quantitative estimate of drug-likeness (QED) is 0.921. The molecule has 2 aromatic rings. The molecule has 6 heteroatoms. The van der Waals surface area contributed by atoms with Crippen LogP contribution in [0.3, 0.4) is 0 Å². The molecular formula is C16H21Cl2N3O. The highest BCUT2D eigenvalue weighted by atomic mass is 35.5. The lowest BCUT2D eigenvalue weighted by atomic mass is 9.97. The van der Waals surface area contributed by atoms with E-state index in [4.69, 9.17) is 16.1 Å². The molecule has 1 N–H and O–H groups in total. The van der Waals surface area contributed by atoms with E-state index in [0.29, 0.717) is 18.2 Å². The zero-order chi connectivity index (χ0) is 14.5. The van der Waals surface area contributed by atoms with Gasteiger partial charge in [0.15, 0.2) is 5.82 Å². The molecule has 1 saturated heterocycles. The van der Waals surface area contributed by atoms with Gasteiger partial charge in [0, 0.05) is 17.9 Å². The number of hydrogen-bond donors (Lipinski definition) is 1. The molecule has 1 atom stereocenters. The van der Waals surface area contributed by atoms with Crippen molar-refractivity contribution in [1.29, 1.82) is 0 Å². The van der Waals surface area contributed by atoms with Gasteiger partial charge < -0.3 is 9.84 Å². The zero-order valence-corrected chi connectivity index (χ0v) is 14.0. The molecule has 4 nitrogen and oxygen atoms in total. The van der Waals surface area contributed by atoms with E-state index >= 15 is 0 Å². The molecule has 3 rings (SSSR count). The molecule has 0 aliphatic carbocycles. The van der Waals surface area contributed by atoms with Crippen LogP contribution in [0.2, 0.25) is 5.02 Å². The molecule has 120 valence electrons. The topological polar surface area (TPSA) is 51.0 Å². The van der Waals surface area contributed by atoms with Gasteiger partial charge in [-0.1, -0.05) is 35.0 Å². The van der Waals surface area contributed by atoms with Crippen molar-refractivity contribution in [2.75, 3.05) is 13.1 Å². The van der Waals surface area contributed by atoms with Crippen LogP contribution >= 0.6 is 24.0 Å². The van der Waals surface area contributed by atoms with Crippen LogP contribution in [-0.4, -0.2) is 23.2 Å². The van der Waals surface area contributed by atoms with Crippen molar-refractivity contribution >= 4 is 24.0 Å². The molecule has 0 amide bonds. The summed E-state index contributed by atoms with van der Waals surface area (Å²) >= 11 is 6.16. The largest absolute Gasteiger partial charge is 0.339 e. The van der Waals surface area contributed by atoms with Gasteiger partial charge in [-0.05, 0) is 49.9 Å². The third-order valence-corrected chi connectivity index (χ3v) is 4.34. The molecule has 1 aliphatic heterocycles. The summed E-state index contributed by atoms with van der Waals surface area (Å²) in [6.45, 7) is 2.21. The van der Waals surface area contributed by atoms with E-state index in [2.05, 4.69) is 15.5 Å². The zero-order valence-electron chi connectivity index (χ0n) is 12.4. The summed E-state index contributed by atoms with van der Waals surface area (Å²) in [4.78, 5) is 4.51. The summed E-state index contributed by atoms with van der Waals surface area (Å²) < 4.78 is 5.40. The molecule has 1 aromatic heterocycles. The van der Waals surface area contributed by atoms with Crippen molar-refractivity contribution in [2.45, 2.75) is 32.1 Å². The molecule has 1 aliphatic rings. The average Bonchev–Trinajstić information content (AvgIpc) is 2.75. The Labute approximate surface area is 142 Å². The Morgan fingerprint density at radius 1 is 1.23 bits per heavy atom. The fourth-order valence-electron chi connectivity index (χ4n) is 2.80. The van der Waals surface area contributed by atoms with Gasteiger partial charge in [0.1, 0.15) is 0 Å². The van der Waals surface area contributed by atoms with Crippen molar-refractivity contribution < 1.29 is 4.52 Å². The molecule has 0 saturated carbocycles. The van der Waals surface area contributed by atoms with E-state index in [1.165, 1.54) is 19.3 Å². The summed E-state index contributed by atoms with van der Waals surface area (Å²) in [5.41, 5.74) is 1.03. The minimum atomic E-state index is 0. The minimum absolute atomic E-state index is 0. The van der Waals surface area contributed by atoms with Gasteiger partial charge in [0.2, 0.25) is 5.89 Å². The highest BCUT2D eigenvalue weighted by Gasteiger charge is 2.16. The Morgan fingerprint density at radius 2 is 2.09 bits per heavy atom. The van der Waals surface area contributed by atoms with E-state index in [1.54, 1.807) is 0 Å². The number of rotatable bonds is 4. The molecular weight excluding hydrogens is 321 g/mol. The van der Waals surface area contributed by atoms with Gasteiger partial charge in [0.25, 0.3) is 0 Å². The van der Waals surface area contributed by atoms with Crippen LogP contribution in [0.15, 0.2) is 28.8 Å². The maximum atomic E-state index is 6.16. The third kappa shape index (κ3) is 4.70. The van der Waals surface area contributed by atoms with Crippen molar-refractivity contribution in [1.82, 2.24) is 15.5 Å². The molecule has 22 heavy (non-hydrogen) atoms. The molecule has 1 aromatic carbocycles. The predicted octanol–water partition coefficient (Wildman–Crippen LogP) is 3.67. The van der Waals surface area contributed by atoms with Gasteiger partial charge >= 0.3 is 0 Å². The van der Waals surface area contributed by atoms with E-state index in [-0.39, 0.29) is 12.4 Å². The number of halogens is 2. The first-order valence-corrected chi connectivity index (χ1v) is 7.94. The first kappa shape index (κ1) is 17.3. The van der Waals surface area contributed by atoms with E-state index in [0.717, 1.165) is 36.0 Å². The Bertz CT molecular complexity index is 580. The highest BCUT2D eigenvalue weighted by molar-refractivity contribution is 6.31. The van der Waals surface area contributed by atoms with Crippen LogP contribution < -0.4 is 5.32 Å². The second-order valence-corrected chi connectivity index (χ2v) is 6.03.